The molecule has 9 N–H and O–H groups in total. The van der Waals surface area contributed by atoms with Crippen LogP contribution in [0.2, 0.25) is 0 Å². The number of piperidine rings is 1. The van der Waals surface area contributed by atoms with E-state index in [1.54, 1.807) is 0 Å². The van der Waals surface area contributed by atoms with Crippen LogP contribution in [0, 0.1) is 40.9 Å². The van der Waals surface area contributed by atoms with Crippen LogP contribution < -0.4 is 26.6 Å². The summed E-state index contributed by atoms with van der Waals surface area (Å²) >= 11 is 0. The van der Waals surface area contributed by atoms with Gasteiger partial charge in [0.1, 0.15) is 29.8 Å². The van der Waals surface area contributed by atoms with Gasteiger partial charge in [-0.2, -0.15) is 26.3 Å². The second-order valence-corrected chi connectivity index (χ2v) is 18.6. The first-order valence-electron chi connectivity index (χ1n) is 20.9. The number of hydrogen-bond donors (Lipinski definition) is 9. The van der Waals surface area contributed by atoms with Crippen LogP contribution in [0.4, 0.5) is 26.3 Å². The van der Waals surface area contributed by atoms with Gasteiger partial charge in [0.15, 0.2) is 5.41 Å². The summed E-state index contributed by atoms with van der Waals surface area (Å²) in [5, 5.41) is 60.5. The molecule has 13 nitrogen and oxygen atoms in total. The summed E-state index contributed by atoms with van der Waals surface area (Å²) in [5.74, 6) is -3.21. The fourth-order valence-corrected chi connectivity index (χ4v) is 12.3. The maximum Gasteiger partial charge on any atom is 0.403 e. The van der Waals surface area contributed by atoms with E-state index in [0.29, 0.717) is 23.9 Å². The van der Waals surface area contributed by atoms with Crippen molar-refractivity contribution in [3.05, 3.63) is 0 Å². The van der Waals surface area contributed by atoms with Gasteiger partial charge in [0.05, 0.1) is 54.4 Å². The van der Waals surface area contributed by atoms with E-state index in [-0.39, 0.29) is 81.7 Å². The highest BCUT2D eigenvalue weighted by molar-refractivity contribution is 5.90. The van der Waals surface area contributed by atoms with Crippen molar-refractivity contribution >= 4 is 23.3 Å². The first kappa shape index (κ1) is 39.7. The largest absolute Gasteiger partial charge is 0.403 e. The van der Waals surface area contributed by atoms with Crippen LogP contribution in [0.15, 0.2) is 20.0 Å². The second kappa shape index (κ2) is 14.2. The molecule has 0 amide bonds. The number of nitrogens with one attached hydrogen (secondary N) is 5. The first-order chi connectivity index (χ1) is 26.9. The molecule has 0 aromatic carbocycles. The van der Waals surface area contributed by atoms with E-state index in [1.165, 1.54) is 0 Å². The lowest BCUT2D eigenvalue weighted by atomic mass is 9.56. The van der Waals surface area contributed by atoms with Crippen LogP contribution in [0.1, 0.15) is 84.5 Å². The molecule has 0 spiro atoms. The molecule has 57 heavy (non-hydrogen) atoms. The number of aliphatic imine (C=N–C) groups is 4. The van der Waals surface area contributed by atoms with Gasteiger partial charge in [-0.15, -0.1) is 0 Å². The Bertz CT molecular complexity index is 1680. The minimum atomic E-state index is -5.59. The molecule has 18 atom stereocenters. The van der Waals surface area contributed by atoms with Gasteiger partial charge in [0.2, 0.25) is 0 Å². The molecule has 5 heterocycles. The van der Waals surface area contributed by atoms with Gasteiger partial charge in [-0.05, 0) is 95.3 Å². The Kier molecular flexibility index (Phi) is 9.88. The number of aliphatic hydroxyl groups excluding tert-OH is 4. The molecule has 5 aliphatic heterocycles. The highest BCUT2D eigenvalue weighted by atomic mass is 19.4. The van der Waals surface area contributed by atoms with Crippen molar-refractivity contribution in [1.82, 2.24) is 26.6 Å². The van der Waals surface area contributed by atoms with Crippen molar-refractivity contribution in [3.63, 3.8) is 0 Å². The zero-order chi connectivity index (χ0) is 40.3. The molecule has 9 rings (SSSR count). The lowest BCUT2D eigenvalue weighted by Gasteiger charge is -2.52. The molecule has 0 bridgehead atoms. The Morgan fingerprint density at radius 3 is 1.53 bits per heavy atom. The third kappa shape index (κ3) is 6.63. The third-order valence-corrected chi connectivity index (χ3v) is 15.3. The van der Waals surface area contributed by atoms with E-state index in [4.69, 9.17) is 9.98 Å². The average Bonchev–Trinajstić information content (AvgIpc) is 3.92. The van der Waals surface area contributed by atoms with Crippen molar-refractivity contribution in [1.29, 1.82) is 0 Å². The van der Waals surface area contributed by atoms with E-state index in [0.717, 1.165) is 12.3 Å². The molecule has 318 valence electrons. The molecule has 5 fully saturated rings. The molecular weight excluding hydrogens is 760 g/mol. The van der Waals surface area contributed by atoms with Crippen molar-refractivity contribution in [3.8, 4) is 0 Å². The van der Waals surface area contributed by atoms with Crippen molar-refractivity contribution in [2.24, 2.45) is 60.9 Å². The van der Waals surface area contributed by atoms with Crippen molar-refractivity contribution in [2.45, 2.75) is 170 Å². The molecule has 0 radical (unpaired) electrons. The SMILES string of the molecule is CC1=NC2NC3NC(C4CC(O)C(C5=NC6CCC(C(C7CCC8N=C(C9CC(O)C(C)CC9O)NC8C7)(C(F)(F)F)C(F)(F)F)CC6N5)CC4O)=NC3CC2N1. The second-order valence-electron chi connectivity index (χ2n) is 18.6. The predicted octanol–water partition coefficient (Wildman–Crippen LogP) is 2.10. The number of rotatable bonds is 5. The fraction of sp³-hybridized carbons (Fsp3) is 0.895. The zero-order valence-electron chi connectivity index (χ0n) is 32.0. The monoisotopic (exact) mass is 815 g/mol. The minimum Gasteiger partial charge on any atom is -0.393 e. The number of halogens is 6. The first-order valence-corrected chi connectivity index (χ1v) is 20.9. The Hall–Kier alpha value is -2.74. The molecule has 1 saturated heterocycles. The van der Waals surface area contributed by atoms with Crippen LogP contribution in [-0.2, 0) is 0 Å². The molecule has 4 aliphatic carbocycles. The summed E-state index contributed by atoms with van der Waals surface area (Å²) in [7, 11) is 0. The van der Waals surface area contributed by atoms with E-state index in [9.17, 15) is 20.4 Å². The Morgan fingerprint density at radius 1 is 0.526 bits per heavy atom. The topological polar surface area (TPSA) is 191 Å². The van der Waals surface area contributed by atoms with Crippen LogP contribution in [0.3, 0.4) is 0 Å². The summed E-state index contributed by atoms with van der Waals surface area (Å²) in [6.07, 6.45) is -14.6. The normalized spacial score (nSPS) is 47.1. The highest BCUT2D eigenvalue weighted by Gasteiger charge is 2.77. The van der Waals surface area contributed by atoms with Crippen LogP contribution in [0.5, 0.6) is 0 Å². The van der Waals surface area contributed by atoms with Gasteiger partial charge in [0.25, 0.3) is 0 Å². The molecular formula is C38H55F6N9O4. The van der Waals surface area contributed by atoms with Crippen LogP contribution in [-0.4, -0.2) is 129 Å². The van der Waals surface area contributed by atoms with E-state index in [1.807, 2.05) is 13.8 Å². The number of fused-ring (bicyclic) bond motifs is 4. The quantitative estimate of drug-likeness (QED) is 0.187. The summed E-state index contributed by atoms with van der Waals surface area (Å²) in [6.45, 7) is 3.73. The van der Waals surface area contributed by atoms with Crippen LogP contribution in [0.25, 0.3) is 0 Å². The number of aliphatic hydroxyl groups is 4. The van der Waals surface area contributed by atoms with Crippen LogP contribution >= 0.6 is 0 Å². The maximum atomic E-state index is 15.5. The molecule has 4 saturated carbocycles. The smallest absolute Gasteiger partial charge is 0.393 e. The maximum absolute atomic E-state index is 15.5. The predicted molar refractivity (Wildman–Crippen MR) is 197 cm³/mol. The number of hydrogen-bond acceptors (Lipinski definition) is 13. The van der Waals surface area contributed by atoms with Crippen molar-refractivity contribution in [2.75, 3.05) is 0 Å². The highest BCUT2D eigenvalue weighted by Crippen LogP contribution is 2.65. The minimum absolute atomic E-state index is 0.0231. The third-order valence-electron chi connectivity index (χ3n) is 15.3. The Labute approximate surface area is 327 Å². The zero-order valence-corrected chi connectivity index (χ0v) is 32.0. The van der Waals surface area contributed by atoms with Gasteiger partial charge in [0, 0.05) is 29.8 Å². The molecule has 0 aromatic rings. The van der Waals surface area contributed by atoms with E-state index in [2.05, 4.69) is 36.6 Å². The average molecular weight is 816 g/mol. The lowest BCUT2D eigenvalue weighted by molar-refractivity contribution is -0.382. The fourth-order valence-electron chi connectivity index (χ4n) is 12.3. The van der Waals surface area contributed by atoms with Gasteiger partial charge in [-0.1, -0.05) is 6.92 Å². The number of alkyl halides is 6. The van der Waals surface area contributed by atoms with Gasteiger partial charge >= 0.3 is 12.4 Å². The molecule has 0 aromatic heterocycles. The lowest BCUT2D eigenvalue weighted by Crippen LogP contribution is -2.63. The Balaban J connectivity index is 0.868. The molecule has 18 unspecified atom stereocenters. The van der Waals surface area contributed by atoms with Gasteiger partial charge in [-0.3, -0.25) is 25.3 Å². The Morgan fingerprint density at radius 2 is 1.00 bits per heavy atom. The standard InChI is InChI=1S/C38H55F6N9O4/c1-14-7-28(55)18(10-27(14)54)31-47-21-5-3-16(8-23(21)49-31)36(37(39,40)41,38(42,43)44)17-4-6-22-24(9-17)50-32(48-22)19-11-30(57)20(12-29(19)56)33-51-26-13-25-34(46-15(2)45-25)53-35(26)52-33/h14,16-30,34-35,53-57H,3-13H2,1-2H3,(H,45,46)(H,47,49)(H,48,50)(H,51,52). The number of amidine groups is 4. The number of nitrogens with zero attached hydrogens (tertiary/aromatic N) is 4. The van der Waals surface area contributed by atoms with Gasteiger partial charge < -0.3 is 41.7 Å². The van der Waals surface area contributed by atoms with Gasteiger partial charge in [-0.25, -0.2) is 0 Å². The summed E-state index contributed by atoms with van der Waals surface area (Å²) in [4.78, 5) is 18.8. The molecule has 9 aliphatic rings. The summed E-state index contributed by atoms with van der Waals surface area (Å²) in [5.41, 5.74) is -3.96. The van der Waals surface area contributed by atoms with Crippen molar-refractivity contribution < 1.29 is 46.8 Å². The summed E-state index contributed by atoms with van der Waals surface area (Å²) in [6, 6.07) is -2.55. The summed E-state index contributed by atoms with van der Waals surface area (Å²) < 4.78 is 92.7. The van der Waals surface area contributed by atoms with E-state index >= 15 is 26.3 Å². The van der Waals surface area contributed by atoms with E-state index < -0.39 is 102 Å². The molecule has 19 heteroatoms.